The molecule has 2 aromatic rings. The molecule has 1 aliphatic heterocycles. The molecule has 0 radical (unpaired) electrons. The molecule has 0 unspecified atom stereocenters. The molecular formula is C25H32N4O4. The molecule has 1 aliphatic rings. The van der Waals surface area contributed by atoms with E-state index in [4.69, 9.17) is 9.47 Å². The number of nitrogens with one attached hydrogen (secondary N) is 2. The van der Waals surface area contributed by atoms with Gasteiger partial charge in [0.05, 0.1) is 19.3 Å². The van der Waals surface area contributed by atoms with Gasteiger partial charge in [-0.15, -0.1) is 0 Å². The van der Waals surface area contributed by atoms with Crippen LogP contribution in [0.1, 0.15) is 43.9 Å². The number of amides is 2. The molecule has 0 fully saturated rings. The van der Waals surface area contributed by atoms with Gasteiger partial charge < -0.3 is 19.7 Å². The maximum atomic E-state index is 12.7. The Morgan fingerprint density at radius 3 is 2.85 bits per heavy atom. The Morgan fingerprint density at radius 1 is 1.33 bits per heavy atom. The monoisotopic (exact) mass is 452 g/mol. The van der Waals surface area contributed by atoms with Crippen LogP contribution >= 0.6 is 0 Å². The first-order valence-corrected chi connectivity index (χ1v) is 11.0. The highest BCUT2D eigenvalue weighted by molar-refractivity contribution is 5.98. The molecule has 0 bridgehead atoms. The number of pyridine rings is 1. The molecule has 33 heavy (non-hydrogen) atoms. The first kappa shape index (κ1) is 24.3. The summed E-state index contributed by atoms with van der Waals surface area (Å²) in [6.07, 6.45) is 5.76. The minimum Gasteiger partial charge on any atom is -0.493 e. The van der Waals surface area contributed by atoms with Gasteiger partial charge in [0.1, 0.15) is 5.82 Å². The summed E-state index contributed by atoms with van der Waals surface area (Å²) in [5.41, 5.74) is 1.84. The van der Waals surface area contributed by atoms with Crippen molar-refractivity contribution in [2.45, 2.75) is 45.8 Å². The van der Waals surface area contributed by atoms with Gasteiger partial charge in [0, 0.05) is 43.5 Å². The molecule has 176 valence electrons. The lowest BCUT2D eigenvalue weighted by atomic mass is 10.1. The van der Waals surface area contributed by atoms with Crippen molar-refractivity contribution in [3.8, 4) is 11.5 Å². The lowest BCUT2D eigenvalue weighted by Crippen LogP contribution is -2.47. The molecule has 1 aromatic heterocycles. The number of nitrogens with zero attached hydrogens (tertiary/aromatic N) is 2. The molecule has 8 heteroatoms. The van der Waals surface area contributed by atoms with Crippen molar-refractivity contribution >= 4 is 23.7 Å². The van der Waals surface area contributed by atoms with Crippen LogP contribution in [-0.2, 0) is 22.7 Å². The number of carbonyl (C=O) groups excluding carboxylic acids is 2. The summed E-state index contributed by atoms with van der Waals surface area (Å²) >= 11 is 0. The van der Waals surface area contributed by atoms with Crippen molar-refractivity contribution in [1.82, 2.24) is 15.2 Å². The highest BCUT2D eigenvalue weighted by atomic mass is 16.5. The first-order valence-electron chi connectivity index (χ1n) is 11.0. The fourth-order valence-electron chi connectivity index (χ4n) is 3.37. The van der Waals surface area contributed by atoms with E-state index in [9.17, 15) is 9.59 Å². The van der Waals surface area contributed by atoms with Gasteiger partial charge in [0.25, 0.3) is 0 Å². The van der Waals surface area contributed by atoms with Crippen LogP contribution in [0.2, 0.25) is 0 Å². The second kappa shape index (κ2) is 10.5. The number of hydrogen-bond acceptors (Lipinski definition) is 6. The number of para-hydroxylation sites is 1. The van der Waals surface area contributed by atoms with E-state index in [-0.39, 0.29) is 11.8 Å². The number of aromatic nitrogens is 1. The van der Waals surface area contributed by atoms with Gasteiger partial charge >= 0.3 is 0 Å². The van der Waals surface area contributed by atoms with Crippen LogP contribution in [0.15, 0.2) is 36.5 Å². The number of methoxy groups -OCH3 is 1. The first-order chi connectivity index (χ1) is 15.7. The molecule has 2 amide bonds. The molecule has 0 saturated heterocycles. The highest BCUT2D eigenvalue weighted by Gasteiger charge is 2.30. The molecule has 0 spiro atoms. The van der Waals surface area contributed by atoms with Crippen molar-refractivity contribution in [2.24, 2.45) is 0 Å². The fraction of sp³-hybridized carbons (Fsp3) is 0.400. The second-order valence-electron chi connectivity index (χ2n) is 8.53. The summed E-state index contributed by atoms with van der Waals surface area (Å²) in [6.45, 7) is 7.14. The van der Waals surface area contributed by atoms with E-state index in [0.717, 1.165) is 23.1 Å². The molecule has 0 atom stereocenters. The van der Waals surface area contributed by atoms with Crippen molar-refractivity contribution in [1.29, 1.82) is 0 Å². The van der Waals surface area contributed by atoms with Gasteiger partial charge in [-0.05, 0) is 44.0 Å². The summed E-state index contributed by atoms with van der Waals surface area (Å²) in [6, 6.07) is 7.58. The number of fused-ring (bicyclic) bond motifs is 1. The Kier molecular flexibility index (Phi) is 7.71. The second-order valence-corrected chi connectivity index (χ2v) is 8.53. The predicted molar refractivity (Wildman–Crippen MR) is 128 cm³/mol. The molecular weight excluding hydrogens is 420 g/mol. The number of hydrogen-bond donors (Lipinski definition) is 2. The Morgan fingerprint density at radius 2 is 2.12 bits per heavy atom. The Balaban J connectivity index is 1.71. The summed E-state index contributed by atoms with van der Waals surface area (Å²) in [5.74, 6) is 1.57. The van der Waals surface area contributed by atoms with Crippen LogP contribution in [0, 0.1) is 0 Å². The van der Waals surface area contributed by atoms with Gasteiger partial charge in [-0.1, -0.05) is 19.1 Å². The molecule has 0 aliphatic carbocycles. The summed E-state index contributed by atoms with van der Waals surface area (Å²) in [7, 11) is 3.35. The molecule has 0 saturated carbocycles. The van der Waals surface area contributed by atoms with Crippen LogP contribution in [0.5, 0.6) is 11.5 Å². The Labute approximate surface area is 195 Å². The lowest BCUT2D eigenvalue weighted by molar-refractivity contribution is -0.125. The van der Waals surface area contributed by atoms with Crippen molar-refractivity contribution in [2.75, 3.05) is 26.1 Å². The number of likely N-dealkylation sites (N-methyl/N-ethyl adjacent to an activating group) is 1. The van der Waals surface area contributed by atoms with Crippen LogP contribution in [-0.4, -0.2) is 48.0 Å². The SMILES string of the molecule is CCCOc1c(CN(C)C(=O)C=Cc2cnc3c(c2)CNC(C)(C)C(=O)N3)cccc1OC. The van der Waals surface area contributed by atoms with Crippen LogP contribution in [0.25, 0.3) is 6.08 Å². The van der Waals surface area contributed by atoms with E-state index in [1.54, 1.807) is 31.3 Å². The standard InChI is InChI=1S/C25H32N4O4/c1-6-12-33-22-18(8-7-9-20(22)32-5)16-29(4)21(30)11-10-17-13-19-15-27-25(2,3)24(31)28-23(19)26-14-17/h7-11,13-14,27H,6,12,15-16H2,1-5H3,(H,26,28,31). The average molecular weight is 453 g/mol. The third-order valence-corrected chi connectivity index (χ3v) is 5.44. The van der Waals surface area contributed by atoms with Crippen LogP contribution in [0.4, 0.5) is 5.82 Å². The number of anilines is 1. The largest absolute Gasteiger partial charge is 0.493 e. The van der Waals surface area contributed by atoms with E-state index in [1.807, 2.05) is 45.0 Å². The molecule has 3 rings (SSSR count). The van der Waals surface area contributed by atoms with Crippen molar-refractivity contribution in [3.05, 3.63) is 53.2 Å². The van der Waals surface area contributed by atoms with E-state index >= 15 is 0 Å². The maximum Gasteiger partial charge on any atom is 0.246 e. The van der Waals surface area contributed by atoms with Gasteiger partial charge in [0.2, 0.25) is 11.8 Å². The predicted octanol–water partition coefficient (Wildman–Crippen LogP) is 3.37. The number of carbonyl (C=O) groups is 2. The highest BCUT2D eigenvalue weighted by Crippen LogP contribution is 2.32. The normalized spacial score (nSPS) is 14.9. The van der Waals surface area contributed by atoms with E-state index in [0.29, 0.717) is 37.0 Å². The number of benzene rings is 1. The number of ether oxygens (including phenoxy) is 2. The zero-order valence-corrected chi connectivity index (χ0v) is 19.9. The smallest absolute Gasteiger partial charge is 0.246 e. The average Bonchev–Trinajstić information content (AvgIpc) is 2.91. The van der Waals surface area contributed by atoms with Crippen molar-refractivity contribution < 1.29 is 19.1 Å². The van der Waals surface area contributed by atoms with E-state index in [1.165, 1.54) is 6.08 Å². The molecule has 1 aromatic carbocycles. The van der Waals surface area contributed by atoms with Gasteiger partial charge in [-0.2, -0.15) is 0 Å². The zero-order chi connectivity index (χ0) is 24.0. The molecule has 2 heterocycles. The third-order valence-electron chi connectivity index (χ3n) is 5.44. The van der Waals surface area contributed by atoms with E-state index < -0.39 is 5.54 Å². The van der Waals surface area contributed by atoms with Gasteiger partial charge in [-0.3, -0.25) is 14.9 Å². The third kappa shape index (κ3) is 5.90. The maximum absolute atomic E-state index is 12.7. The Bertz CT molecular complexity index is 1050. The molecule has 8 nitrogen and oxygen atoms in total. The minimum absolute atomic E-state index is 0.131. The van der Waals surface area contributed by atoms with E-state index in [2.05, 4.69) is 15.6 Å². The summed E-state index contributed by atoms with van der Waals surface area (Å²) < 4.78 is 11.3. The summed E-state index contributed by atoms with van der Waals surface area (Å²) in [5, 5.41) is 6.07. The quantitative estimate of drug-likeness (QED) is 0.597. The van der Waals surface area contributed by atoms with Gasteiger partial charge in [-0.25, -0.2) is 4.98 Å². The van der Waals surface area contributed by atoms with Crippen molar-refractivity contribution in [3.63, 3.8) is 0 Å². The van der Waals surface area contributed by atoms with Crippen LogP contribution in [0.3, 0.4) is 0 Å². The number of rotatable bonds is 8. The molecule has 2 N–H and O–H groups in total. The lowest BCUT2D eigenvalue weighted by Gasteiger charge is -2.21. The minimum atomic E-state index is -0.685. The summed E-state index contributed by atoms with van der Waals surface area (Å²) in [4.78, 5) is 31.0. The van der Waals surface area contributed by atoms with Crippen LogP contribution < -0.4 is 20.1 Å². The Hall–Kier alpha value is -3.39. The topological polar surface area (TPSA) is 92.8 Å². The fourth-order valence-corrected chi connectivity index (χ4v) is 3.37. The van der Waals surface area contributed by atoms with Gasteiger partial charge in [0.15, 0.2) is 11.5 Å². The zero-order valence-electron chi connectivity index (χ0n) is 19.9.